The minimum absolute atomic E-state index is 0.0922. The third kappa shape index (κ3) is 4.63. The standard InChI is InChI=1S/C12H16N2O3/c1-12(2,3)6-10(15)14-9-5-4-8(7-13-9)11(16)17/h4-5,7H,6H2,1-3H3,(H,16,17)(H,13,14,15). The van der Waals surface area contributed by atoms with E-state index >= 15 is 0 Å². The summed E-state index contributed by atoms with van der Waals surface area (Å²) in [6, 6.07) is 2.88. The summed E-state index contributed by atoms with van der Waals surface area (Å²) in [5, 5.41) is 11.3. The fourth-order valence-electron chi connectivity index (χ4n) is 1.26. The van der Waals surface area contributed by atoms with Gasteiger partial charge in [-0.3, -0.25) is 4.79 Å². The van der Waals surface area contributed by atoms with Gasteiger partial charge in [0.25, 0.3) is 0 Å². The number of amides is 1. The highest BCUT2D eigenvalue weighted by atomic mass is 16.4. The van der Waals surface area contributed by atoms with Crippen molar-refractivity contribution in [3.8, 4) is 0 Å². The van der Waals surface area contributed by atoms with Crippen LogP contribution in [-0.4, -0.2) is 22.0 Å². The maximum Gasteiger partial charge on any atom is 0.337 e. The summed E-state index contributed by atoms with van der Waals surface area (Å²) in [5.41, 5.74) is 0.00396. The first kappa shape index (κ1) is 13.2. The second-order valence-electron chi connectivity index (χ2n) is 5.02. The van der Waals surface area contributed by atoms with Crippen LogP contribution in [0, 0.1) is 5.41 Å². The first-order valence-electron chi connectivity index (χ1n) is 5.27. The number of nitrogens with zero attached hydrogens (tertiary/aromatic N) is 1. The monoisotopic (exact) mass is 236 g/mol. The van der Waals surface area contributed by atoms with Crippen LogP contribution in [0.15, 0.2) is 18.3 Å². The summed E-state index contributed by atoms with van der Waals surface area (Å²) in [6.07, 6.45) is 1.60. The number of carbonyl (C=O) groups is 2. The van der Waals surface area contributed by atoms with Gasteiger partial charge in [0.05, 0.1) is 5.56 Å². The topological polar surface area (TPSA) is 79.3 Å². The smallest absolute Gasteiger partial charge is 0.337 e. The maximum absolute atomic E-state index is 11.6. The molecule has 1 amide bonds. The summed E-state index contributed by atoms with van der Waals surface area (Å²) < 4.78 is 0. The van der Waals surface area contributed by atoms with E-state index in [1.165, 1.54) is 18.3 Å². The van der Waals surface area contributed by atoms with E-state index < -0.39 is 5.97 Å². The normalized spacial score (nSPS) is 11.0. The summed E-state index contributed by atoms with van der Waals surface area (Å²) in [5.74, 6) is -0.803. The Labute approximate surface area is 99.9 Å². The zero-order valence-electron chi connectivity index (χ0n) is 10.2. The van der Waals surface area contributed by atoms with Crippen LogP contribution in [0.25, 0.3) is 0 Å². The molecule has 1 heterocycles. The highest BCUT2D eigenvalue weighted by Crippen LogP contribution is 2.19. The number of hydrogen-bond acceptors (Lipinski definition) is 3. The summed E-state index contributed by atoms with van der Waals surface area (Å²) in [6.45, 7) is 5.90. The van der Waals surface area contributed by atoms with Gasteiger partial charge in [0.15, 0.2) is 0 Å². The molecule has 0 unspecified atom stereocenters. The van der Waals surface area contributed by atoms with E-state index in [1.807, 2.05) is 20.8 Å². The molecule has 0 bridgehead atoms. The number of aromatic nitrogens is 1. The zero-order chi connectivity index (χ0) is 13.1. The first-order chi connectivity index (χ1) is 7.78. The molecule has 0 aliphatic heterocycles. The summed E-state index contributed by atoms with van der Waals surface area (Å²) >= 11 is 0. The molecular formula is C12H16N2O3. The van der Waals surface area contributed by atoms with Crippen molar-refractivity contribution >= 4 is 17.7 Å². The Hall–Kier alpha value is -1.91. The van der Waals surface area contributed by atoms with Gasteiger partial charge < -0.3 is 10.4 Å². The first-order valence-corrected chi connectivity index (χ1v) is 5.27. The van der Waals surface area contributed by atoms with Crippen molar-refractivity contribution in [1.82, 2.24) is 4.98 Å². The number of rotatable bonds is 3. The lowest BCUT2D eigenvalue weighted by atomic mass is 9.92. The highest BCUT2D eigenvalue weighted by molar-refractivity contribution is 5.91. The van der Waals surface area contributed by atoms with Gasteiger partial charge in [-0.2, -0.15) is 0 Å². The quantitative estimate of drug-likeness (QED) is 0.842. The molecule has 1 aromatic rings. The van der Waals surface area contributed by atoms with E-state index in [0.717, 1.165) is 0 Å². The van der Waals surface area contributed by atoms with Crippen LogP contribution < -0.4 is 5.32 Å². The average Bonchev–Trinajstić information content (AvgIpc) is 2.15. The Morgan fingerprint density at radius 2 is 2.00 bits per heavy atom. The largest absolute Gasteiger partial charge is 0.478 e. The van der Waals surface area contributed by atoms with E-state index in [2.05, 4.69) is 10.3 Å². The molecule has 1 rings (SSSR count). The van der Waals surface area contributed by atoms with Gasteiger partial charge in [0.2, 0.25) is 5.91 Å². The molecule has 0 saturated carbocycles. The Morgan fingerprint density at radius 3 is 2.41 bits per heavy atom. The van der Waals surface area contributed by atoms with Crippen LogP contribution in [0.1, 0.15) is 37.6 Å². The molecule has 5 heteroatoms. The molecule has 17 heavy (non-hydrogen) atoms. The fourth-order valence-corrected chi connectivity index (χ4v) is 1.26. The van der Waals surface area contributed by atoms with E-state index in [1.54, 1.807) is 0 Å². The Bertz CT molecular complexity index is 418. The second kappa shape index (κ2) is 4.95. The lowest BCUT2D eigenvalue weighted by Crippen LogP contribution is -2.20. The van der Waals surface area contributed by atoms with Gasteiger partial charge in [-0.05, 0) is 17.5 Å². The summed E-state index contributed by atoms with van der Waals surface area (Å²) in [4.78, 5) is 26.0. The Kier molecular flexibility index (Phi) is 3.83. The lowest BCUT2D eigenvalue weighted by molar-refractivity contribution is -0.117. The molecule has 0 atom stereocenters. The van der Waals surface area contributed by atoms with Crippen LogP contribution in [0.3, 0.4) is 0 Å². The lowest BCUT2D eigenvalue weighted by Gasteiger charge is -2.16. The second-order valence-corrected chi connectivity index (χ2v) is 5.02. The van der Waals surface area contributed by atoms with Crippen LogP contribution in [0.5, 0.6) is 0 Å². The minimum Gasteiger partial charge on any atom is -0.478 e. The van der Waals surface area contributed by atoms with Crippen molar-refractivity contribution in [2.24, 2.45) is 5.41 Å². The van der Waals surface area contributed by atoms with Crippen molar-refractivity contribution in [2.45, 2.75) is 27.2 Å². The molecule has 0 radical (unpaired) electrons. The van der Waals surface area contributed by atoms with Crippen molar-refractivity contribution in [1.29, 1.82) is 0 Å². The van der Waals surface area contributed by atoms with Gasteiger partial charge in [-0.15, -0.1) is 0 Å². The number of carboxylic acid groups (broad SMARTS) is 1. The Morgan fingerprint density at radius 1 is 1.35 bits per heavy atom. The molecule has 0 aliphatic rings. The number of anilines is 1. The third-order valence-corrected chi connectivity index (χ3v) is 1.97. The van der Waals surface area contributed by atoms with Crippen LogP contribution >= 0.6 is 0 Å². The molecule has 0 aromatic carbocycles. The number of carbonyl (C=O) groups excluding carboxylic acids is 1. The third-order valence-electron chi connectivity index (χ3n) is 1.97. The number of nitrogens with one attached hydrogen (secondary N) is 1. The molecule has 1 aromatic heterocycles. The average molecular weight is 236 g/mol. The Balaban J connectivity index is 2.64. The van der Waals surface area contributed by atoms with Crippen molar-refractivity contribution in [3.05, 3.63) is 23.9 Å². The predicted molar refractivity (Wildman–Crippen MR) is 63.9 cm³/mol. The van der Waals surface area contributed by atoms with E-state index in [4.69, 9.17) is 5.11 Å². The molecule has 0 spiro atoms. The molecular weight excluding hydrogens is 220 g/mol. The molecule has 2 N–H and O–H groups in total. The van der Waals surface area contributed by atoms with Gasteiger partial charge in [-0.1, -0.05) is 20.8 Å². The van der Waals surface area contributed by atoms with Gasteiger partial charge in [0, 0.05) is 12.6 Å². The van der Waals surface area contributed by atoms with Crippen LogP contribution in [0.2, 0.25) is 0 Å². The van der Waals surface area contributed by atoms with Gasteiger partial charge >= 0.3 is 5.97 Å². The number of aromatic carboxylic acids is 1. The molecule has 0 saturated heterocycles. The van der Waals surface area contributed by atoms with Crippen molar-refractivity contribution in [2.75, 3.05) is 5.32 Å². The molecule has 5 nitrogen and oxygen atoms in total. The fraction of sp³-hybridized carbons (Fsp3) is 0.417. The number of carboxylic acids is 1. The number of pyridine rings is 1. The summed E-state index contributed by atoms with van der Waals surface area (Å²) in [7, 11) is 0. The van der Waals surface area contributed by atoms with E-state index in [0.29, 0.717) is 12.2 Å². The van der Waals surface area contributed by atoms with E-state index in [9.17, 15) is 9.59 Å². The maximum atomic E-state index is 11.6. The highest BCUT2D eigenvalue weighted by Gasteiger charge is 2.16. The molecule has 0 aliphatic carbocycles. The number of hydrogen-bond donors (Lipinski definition) is 2. The van der Waals surface area contributed by atoms with Gasteiger partial charge in [0.1, 0.15) is 5.82 Å². The SMILES string of the molecule is CC(C)(C)CC(=O)Nc1ccc(C(=O)O)cn1. The molecule has 92 valence electrons. The van der Waals surface area contributed by atoms with Crippen molar-refractivity contribution < 1.29 is 14.7 Å². The minimum atomic E-state index is -1.04. The van der Waals surface area contributed by atoms with Crippen LogP contribution in [-0.2, 0) is 4.79 Å². The van der Waals surface area contributed by atoms with Crippen LogP contribution in [0.4, 0.5) is 5.82 Å². The predicted octanol–water partition coefficient (Wildman–Crippen LogP) is 2.15. The zero-order valence-corrected chi connectivity index (χ0v) is 10.2. The molecule has 0 fully saturated rings. The van der Waals surface area contributed by atoms with E-state index in [-0.39, 0.29) is 16.9 Å². The van der Waals surface area contributed by atoms with Gasteiger partial charge in [-0.25, -0.2) is 9.78 Å². The van der Waals surface area contributed by atoms with Crippen molar-refractivity contribution in [3.63, 3.8) is 0 Å².